The van der Waals surface area contributed by atoms with Crippen molar-refractivity contribution < 1.29 is 18.0 Å². The first-order chi connectivity index (χ1) is 21.3. The first-order valence-corrected chi connectivity index (χ1v) is 16.9. The smallest absolute Gasteiger partial charge is 0.264 e. The van der Waals surface area contributed by atoms with E-state index in [-0.39, 0.29) is 44.7 Å². The molecule has 4 rings (SSSR count). The van der Waals surface area contributed by atoms with Crippen LogP contribution in [0.5, 0.6) is 0 Å². The third kappa shape index (κ3) is 9.15. The molecule has 4 aromatic rings. The molecule has 45 heavy (non-hydrogen) atoms. The van der Waals surface area contributed by atoms with Crippen LogP contribution in [-0.2, 0) is 32.6 Å². The largest absolute Gasteiger partial charge is 0.352 e. The minimum Gasteiger partial charge on any atom is -0.352 e. The van der Waals surface area contributed by atoms with Crippen LogP contribution < -0.4 is 9.62 Å². The van der Waals surface area contributed by atoms with Crippen molar-refractivity contribution in [1.82, 2.24) is 10.2 Å². The predicted octanol–water partition coefficient (Wildman–Crippen LogP) is 7.66. The second kappa shape index (κ2) is 15.3. The van der Waals surface area contributed by atoms with Crippen LogP contribution in [0.15, 0.2) is 102 Å². The number of sulfonamides is 1. The summed E-state index contributed by atoms with van der Waals surface area (Å²) < 4.78 is 29.1. The Kier molecular flexibility index (Phi) is 11.8. The zero-order valence-corrected chi connectivity index (χ0v) is 28.3. The second-order valence-corrected chi connectivity index (χ2v) is 14.1. The molecule has 0 heterocycles. The lowest BCUT2D eigenvalue weighted by molar-refractivity contribution is -0.140. The number of nitrogens with zero attached hydrogens (tertiary/aromatic N) is 2. The second-order valence-electron chi connectivity index (χ2n) is 10.6. The van der Waals surface area contributed by atoms with Gasteiger partial charge in [-0.15, -0.1) is 0 Å². The Bertz CT molecular complexity index is 1740. The van der Waals surface area contributed by atoms with Crippen LogP contribution in [0.25, 0.3) is 0 Å². The van der Waals surface area contributed by atoms with Crippen molar-refractivity contribution in [1.29, 1.82) is 0 Å². The van der Waals surface area contributed by atoms with E-state index in [0.29, 0.717) is 10.6 Å². The van der Waals surface area contributed by atoms with Gasteiger partial charge < -0.3 is 10.2 Å². The van der Waals surface area contributed by atoms with Gasteiger partial charge in [0.15, 0.2) is 0 Å². The van der Waals surface area contributed by atoms with Gasteiger partial charge in [-0.1, -0.05) is 101 Å². The normalized spacial score (nSPS) is 12.1. The van der Waals surface area contributed by atoms with Gasteiger partial charge in [-0.3, -0.25) is 13.9 Å². The number of nitrogens with one attached hydrogen (secondary N) is 1. The number of halogens is 4. The first-order valence-electron chi connectivity index (χ1n) is 14.0. The molecule has 0 saturated carbocycles. The SMILES string of the molecule is CC(C)NC(=O)C(Cc1ccccc1)N(Cc1ccc(Cl)c(Cl)c1)C(=O)CN(c1cc(Cl)cc(Cl)c1)S(=O)(=O)c1ccccc1. The first kappa shape index (κ1) is 34.6. The number of carbonyl (C=O) groups is 2. The Morgan fingerprint density at radius 1 is 0.756 bits per heavy atom. The Morgan fingerprint density at radius 3 is 1.93 bits per heavy atom. The fourth-order valence-corrected chi connectivity index (χ4v) is 6.96. The van der Waals surface area contributed by atoms with Crippen LogP contribution in [0.4, 0.5) is 5.69 Å². The quantitative estimate of drug-likeness (QED) is 0.164. The highest BCUT2D eigenvalue weighted by atomic mass is 35.5. The summed E-state index contributed by atoms with van der Waals surface area (Å²) in [5, 5.41) is 3.88. The zero-order chi connectivity index (χ0) is 32.7. The van der Waals surface area contributed by atoms with E-state index in [1.807, 2.05) is 44.2 Å². The van der Waals surface area contributed by atoms with Crippen molar-refractivity contribution in [2.75, 3.05) is 10.8 Å². The van der Waals surface area contributed by atoms with Crippen LogP contribution >= 0.6 is 46.4 Å². The van der Waals surface area contributed by atoms with E-state index < -0.39 is 34.4 Å². The molecule has 0 radical (unpaired) electrons. The lowest BCUT2D eigenvalue weighted by Gasteiger charge is -2.34. The molecule has 2 amide bonds. The van der Waals surface area contributed by atoms with Gasteiger partial charge in [-0.05, 0) is 67.4 Å². The maximum absolute atomic E-state index is 14.5. The highest BCUT2D eigenvalue weighted by molar-refractivity contribution is 7.92. The van der Waals surface area contributed by atoms with Crippen LogP contribution in [0.3, 0.4) is 0 Å². The van der Waals surface area contributed by atoms with Crippen molar-refractivity contribution in [3.8, 4) is 0 Å². The van der Waals surface area contributed by atoms with Crippen LogP contribution in [0, 0.1) is 0 Å². The molecule has 0 spiro atoms. The molecule has 0 aliphatic heterocycles. The molecule has 1 atom stereocenters. The minimum absolute atomic E-state index is 0.0386. The molecular weight excluding hydrogens is 676 g/mol. The highest BCUT2D eigenvalue weighted by Crippen LogP contribution is 2.31. The Labute approximate surface area is 283 Å². The third-order valence-corrected chi connectivity index (χ3v) is 9.75. The lowest BCUT2D eigenvalue weighted by Crippen LogP contribution is -2.54. The zero-order valence-electron chi connectivity index (χ0n) is 24.5. The summed E-state index contributed by atoms with van der Waals surface area (Å²) in [5.74, 6) is -1.04. The Morgan fingerprint density at radius 2 is 1.36 bits per heavy atom. The molecule has 0 aromatic heterocycles. The summed E-state index contributed by atoms with van der Waals surface area (Å²) in [5.41, 5.74) is 1.49. The van der Waals surface area contributed by atoms with Crippen molar-refractivity contribution in [3.63, 3.8) is 0 Å². The number of rotatable bonds is 12. The average molecular weight is 708 g/mol. The van der Waals surface area contributed by atoms with Crippen molar-refractivity contribution in [2.24, 2.45) is 0 Å². The van der Waals surface area contributed by atoms with Gasteiger partial charge in [0.05, 0.1) is 20.6 Å². The molecular formula is C33H31Cl4N3O4S. The van der Waals surface area contributed by atoms with Crippen molar-refractivity contribution >= 4 is 73.9 Å². The minimum atomic E-state index is -4.30. The molecule has 7 nitrogen and oxygen atoms in total. The molecule has 0 fully saturated rings. The molecule has 0 aliphatic carbocycles. The molecule has 4 aromatic carbocycles. The Hall–Kier alpha value is -3.27. The number of hydrogen-bond acceptors (Lipinski definition) is 4. The Balaban J connectivity index is 1.84. The summed E-state index contributed by atoms with van der Waals surface area (Å²) in [6.45, 7) is 2.92. The average Bonchev–Trinajstić information content (AvgIpc) is 2.99. The van der Waals surface area contributed by atoms with Crippen LogP contribution in [0.1, 0.15) is 25.0 Å². The van der Waals surface area contributed by atoms with Crippen LogP contribution in [0.2, 0.25) is 20.1 Å². The van der Waals surface area contributed by atoms with E-state index in [1.165, 1.54) is 35.2 Å². The summed E-state index contributed by atoms with van der Waals surface area (Å²) in [6.07, 6.45) is 0.168. The molecule has 1 N–H and O–H groups in total. The van der Waals surface area contributed by atoms with Gasteiger partial charge in [0.1, 0.15) is 12.6 Å². The van der Waals surface area contributed by atoms with Gasteiger partial charge in [0.2, 0.25) is 11.8 Å². The topological polar surface area (TPSA) is 86.8 Å². The number of amides is 2. The summed E-state index contributed by atoms with van der Waals surface area (Å²) in [4.78, 5) is 29.6. The van der Waals surface area contributed by atoms with E-state index in [2.05, 4.69) is 5.32 Å². The predicted molar refractivity (Wildman–Crippen MR) is 182 cm³/mol. The van der Waals surface area contributed by atoms with E-state index >= 15 is 0 Å². The maximum atomic E-state index is 14.5. The summed E-state index contributed by atoms with van der Waals surface area (Å²) >= 11 is 25.0. The number of carbonyl (C=O) groups excluding carboxylic acids is 2. The highest BCUT2D eigenvalue weighted by Gasteiger charge is 2.35. The number of hydrogen-bond donors (Lipinski definition) is 1. The monoisotopic (exact) mass is 705 g/mol. The van der Waals surface area contributed by atoms with Gasteiger partial charge in [0, 0.05) is 29.1 Å². The van der Waals surface area contributed by atoms with E-state index in [4.69, 9.17) is 46.4 Å². The van der Waals surface area contributed by atoms with Crippen molar-refractivity contribution in [2.45, 2.75) is 43.8 Å². The van der Waals surface area contributed by atoms with Crippen LogP contribution in [-0.4, -0.2) is 43.8 Å². The summed E-state index contributed by atoms with van der Waals surface area (Å²) in [7, 11) is -4.30. The maximum Gasteiger partial charge on any atom is 0.264 e. The molecule has 1 unspecified atom stereocenters. The molecule has 0 saturated heterocycles. The molecule has 12 heteroatoms. The third-order valence-electron chi connectivity index (χ3n) is 6.78. The molecule has 0 aliphatic rings. The standard InChI is InChI=1S/C33H31Cl4N3O4S/c1-22(2)38-33(42)31(16-23-9-5-3-6-10-23)39(20-24-13-14-29(36)30(37)15-24)32(41)21-40(27-18-25(34)17-26(35)19-27)45(43,44)28-11-7-4-8-12-28/h3-15,17-19,22,31H,16,20-21H2,1-2H3,(H,38,42). The fourth-order valence-electron chi connectivity index (χ4n) is 4.70. The number of benzene rings is 4. The van der Waals surface area contributed by atoms with Crippen molar-refractivity contribution in [3.05, 3.63) is 128 Å². The van der Waals surface area contributed by atoms with E-state index in [9.17, 15) is 18.0 Å². The van der Waals surface area contributed by atoms with E-state index in [0.717, 1.165) is 9.87 Å². The lowest BCUT2D eigenvalue weighted by atomic mass is 10.0. The van der Waals surface area contributed by atoms with Gasteiger partial charge >= 0.3 is 0 Å². The van der Waals surface area contributed by atoms with Gasteiger partial charge in [-0.2, -0.15) is 0 Å². The number of anilines is 1. The molecule has 236 valence electrons. The fraction of sp³-hybridized carbons (Fsp3) is 0.212. The van der Waals surface area contributed by atoms with Gasteiger partial charge in [0.25, 0.3) is 10.0 Å². The molecule has 0 bridgehead atoms. The van der Waals surface area contributed by atoms with E-state index in [1.54, 1.807) is 36.4 Å². The summed E-state index contributed by atoms with van der Waals surface area (Å²) in [6, 6.07) is 24.9. The van der Waals surface area contributed by atoms with Gasteiger partial charge in [-0.25, -0.2) is 8.42 Å².